The molecule has 0 saturated carbocycles. The summed E-state index contributed by atoms with van der Waals surface area (Å²) in [6, 6.07) is 7.14. The second-order valence-corrected chi connectivity index (χ2v) is 4.63. The molecule has 1 rings (SSSR count). The second-order valence-electron chi connectivity index (χ2n) is 4.63. The number of carboxylic acid groups (broad SMARTS) is 1. The molecule has 0 amide bonds. The lowest BCUT2D eigenvalue weighted by Gasteiger charge is -2.22. The Labute approximate surface area is 115 Å². The van der Waals surface area contributed by atoms with E-state index in [1.54, 1.807) is 25.3 Å². The number of nitrogens with zero attached hydrogens (tertiary/aromatic N) is 1. The molecule has 0 radical (unpaired) electrons. The number of carbonyl (C=O) groups is 1. The van der Waals surface area contributed by atoms with Crippen molar-refractivity contribution in [2.75, 3.05) is 26.8 Å². The number of ether oxygens (including phenoxy) is 1. The normalized spacial score (nSPS) is 10.9. The average molecular weight is 265 g/mol. The highest BCUT2D eigenvalue weighted by molar-refractivity contribution is 5.87. The van der Waals surface area contributed by atoms with Crippen LogP contribution < -0.4 is 0 Å². The van der Waals surface area contributed by atoms with Crippen LogP contribution in [0.2, 0.25) is 0 Å². The molecule has 0 atom stereocenters. The van der Waals surface area contributed by atoms with Crippen molar-refractivity contribution in [3.8, 4) is 0 Å². The number of rotatable bonds is 9. The zero-order chi connectivity index (χ0) is 14.1. The van der Waals surface area contributed by atoms with Crippen molar-refractivity contribution in [1.29, 1.82) is 0 Å². The third-order valence-electron chi connectivity index (χ3n) is 3.02. The molecular weight excluding hydrogens is 242 g/mol. The first-order valence-electron chi connectivity index (χ1n) is 6.71. The van der Waals surface area contributed by atoms with Crippen LogP contribution in [0.3, 0.4) is 0 Å². The molecule has 4 nitrogen and oxygen atoms in total. The van der Waals surface area contributed by atoms with Gasteiger partial charge in [-0.25, -0.2) is 4.79 Å². The maximum Gasteiger partial charge on any atom is 0.335 e. The summed E-state index contributed by atoms with van der Waals surface area (Å²) < 4.78 is 5.12. The van der Waals surface area contributed by atoms with Gasteiger partial charge in [0, 0.05) is 20.2 Å². The fourth-order valence-corrected chi connectivity index (χ4v) is 1.93. The summed E-state index contributed by atoms with van der Waals surface area (Å²) in [6.45, 7) is 5.51. The molecule has 0 aliphatic carbocycles. The molecule has 106 valence electrons. The van der Waals surface area contributed by atoms with Gasteiger partial charge in [-0.2, -0.15) is 0 Å². The van der Waals surface area contributed by atoms with Crippen LogP contribution in [0.5, 0.6) is 0 Å². The summed E-state index contributed by atoms with van der Waals surface area (Å²) in [7, 11) is 1.70. The van der Waals surface area contributed by atoms with Crippen LogP contribution in [-0.4, -0.2) is 42.8 Å². The van der Waals surface area contributed by atoms with Crippen LogP contribution in [0.15, 0.2) is 24.3 Å². The van der Waals surface area contributed by atoms with Crippen LogP contribution in [0, 0.1) is 0 Å². The molecule has 0 heterocycles. The summed E-state index contributed by atoms with van der Waals surface area (Å²) in [4.78, 5) is 13.2. The van der Waals surface area contributed by atoms with Crippen molar-refractivity contribution in [2.24, 2.45) is 0 Å². The highest BCUT2D eigenvalue weighted by Gasteiger charge is 2.08. The lowest BCUT2D eigenvalue weighted by molar-refractivity contribution is 0.0696. The molecule has 1 aromatic rings. The summed E-state index contributed by atoms with van der Waals surface area (Å²) in [6.07, 6.45) is 2.29. The predicted molar refractivity (Wildman–Crippen MR) is 75.5 cm³/mol. The Morgan fingerprint density at radius 1 is 1.37 bits per heavy atom. The van der Waals surface area contributed by atoms with Crippen molar-refractivity contribution < 1.29 is 14.6 Å². The first-order valence-corrected chi connectivity index (χ1v) is 6.71. The highest BCUT2D eigenvalue weighted by Crippen LogP contribution is 2.09. The maximum atomic E-state index is 10.9. The van der Waals surface area contributed by atoms with E-state index in [4.69, 9.17) is 9.84 Å². The zero-order valence-corrected chi connectivity index (χ0v) is 11.8. The number of unbranched alkanes of at least 4 members (excludes halogenated alkanes) is 1. The molecule has 0 bridgehead atoms. The quantitative estimate of drug-likeness (QED) is 0.745. The van der Waals surface area contributed by atoms with Gasteiger partial charge in [-0.1, -0.05) is 25.5 Å². The number of carboxylic acids is 1. The summed E-state index contributed by atoms with van der Waals surface area (Å²) in [5.74, 6) is -0.876. The first kappa shape index (κ1) is 15.7. The van der Waals surface area contributed by atoms with E-state index >= 15 is 0 Å². The van der Waals surface area contributed by atoms with Gasteiger partial charge in [-0.3, -0.25) is 4.90 Å². The molecule has 0 unspecified atom stereocenters. The average Bonchev–Trinajstić information content (AvgIpc) is 2.42. The van der Waals surface area contributed by atoms with Gasteiger partial charge in [0.15, 0.2) is 0 Å². The Morgan fingerprint density at radius 2 is 2.16 bits per heavy atom. The van der Waals surface area contributed by atoms with E-state index in [0.29, 0.717) is 12.2 Å². The molecule has 1 N–H and O–H groups in total. The zero-order valence-electron chi connectivity index (χ0n) is 11.8. The predicted octanol–water partition coefficient (Wildman–Crippen LogP) is 2.63. The van der Waals surface area contributed by atoms with Crippen LogP contribution >= 0.6 is 0 Å². The Balaban J connectivity index is 2.65. The topological polar surface area (TPSA) is 49.8 Å². The molecule has 0 saturated heterocycles. The van der Waals surface area contributed by atoms with E-state index in [-0.39, 0.29) is 0 Å². The van der Waals surface area contributed by atoms with Crippen LogP contribution in [0.4, 0.5) is 0 Å². The lowest BCUT2D eigenvalue weighted by Crippen LogP contribution is -2.28. The van der Waals surface area contributed by atoms with Gasteiger partial charge in [0.2, 0.25) is 0 Å². The first-order chi connectivity index (χ1) is 9.17. The largest absolute Gasteiger partial charge is 0.478 e. The second kappa shape index (κ2) is 8.67. The molecule has 0 aliphatic rings. The molecule has 0 fully saturated rings. The van der Waals surface area contributed by atoms with Crippen molar-refractivity contribution in [2.45, 2.75) is 26.3 Å². The fraction of sp³-hybridized carbons (Fsp3) is 0.533. The standard InChI is InChI=1S/C15H23NO3/c1-3-4-8-16(9-10-19-2)12-13-6-5-7-14(11-13)15(17)18/h5-7,11H,3-4,8-10,12H2,1-2H3,(H,17,18). The van der Waals surface area contributed by atoms with E-state index < -0.39 is 5.97 Å². The van der Waals surface area contributed by atoms with Gasteiger partial charge in [0.1, 0.15) is 0 Å². The van der Waals surface area contributed by atoms with Gasteiger partial charge >= 0.3 is 5.97 Å². The minimum Gasteiger partial charge on any atom is -0.478 e. The van der Waals surface area contributed by atoms with Crippen molar-refractivity contribution in [3.63, 3.8) is 0 Å². The molecule has 19 heavy (non-hydrogen) atoms. The van der Waals surface area contributed by atoms with E-state index in [1.165, 1.54) is 0 Å². The third kappa shape index (κ3) is 5.85. The molecular formula is C15H23NO3. The van der Waals surface area contributed by atoms with Crippen LogP contribution in [-0.2, 0) is 11.3 Å². The van der Waals surface area contributed by atoms with E-state index in [2.05, 4.69) is 11.8 Å². The van der Waals surface area contributed by atoms with Gasteiger partial charge in [-0.15, -0.1) is 0 Å². The van der Waals surface area contributed by atoms with Gasteiger partial charge in [0.25, 0.3) is 0 Å². The van der Waals surface area contributed by atoms with Crippen molar-refractivity contribution >= 4 is 5.97 Å². The summed E-state index contributed by atoms with van der Waals surface area (Å²) in [5.41, 5.74) is 1.38. The fourth-order valence-electron chi connectivity index (χ4n) is 1.93. The van der Waals surface area contributed by atoms with Crippen molar-refractivity contribution in [3.05, 3.63) is 35.4 Å². The minimum atomic E-state index is -0.876. The molecule has 0 aliphatic heterocycles. The summed E-state index contributed by atoms with van der Waals surface area (Å²) >= 11 is 0. The smallest absolute Gasteiger partial charge is 0.335 e. The number of benzene rings is 1. The molecule has 0 spiro atoms. The Kier molecular flexibility index (Phi) is 7.15. The van der Waals surface area contributed by atoms with E-state index in [0.717, 1.165) is 38.0 Å². The van der Waals surface area contributed by atoms with E-state index in [9.17, 15) is 4.79 Å². The van der Waals surface area contributed by atoms with Gasteiger partial charge in [0.05, 0.1) is 12.2 Å². The molecule has 1 aromatic carbocycles. The molecule has 0 aromatic heterocycles. The SMILES string of the molecule is CCCCN(CCOC)Cc1cccc(C(=O)O)c1. The third-order valence-corrected chi connectivity index (χ3v) is 3.02. The Morgan fingerprint density at radius 3 is 2.79 bits per heavy atom. The van der Waals surface area contributed by atoms with E-state index in [1.807, 2.05) is 6.07 Å². The van der Waals surface area contributed by atoms with Crippen LogP contribution in [0.1, 0.15) is 35.7 Å². The Bertz CT molecular complexity index is 385. The summed E-state index contributed by atoms with van der Waals surface area (Å²) in [5, 5.41) is 8.99. The number of hydrogen-bond donors (Lipinski definition) is 1. The van der Waals surface area contributed by atoms with Gasteiger partial charge in [-0.05, 0) is 30.7 Å². The van der Waals surface area contributed by atoms with Crippen molar-refractivity contribution in [1.82, 2.24) is 4.90 Å². The minimum absolute atomic E-state index is 0.347. The Hall–Kier alpha value is -1.39. The number of hydrogen-bond acceptors (Lipinski definition) is 3. The highest BCUT2D eigenvalue weighted by atomic mass is 16.5. The lowest BCUT2D eigenvalue weighted by atomic mass is 10.1. The van der Waals surface area contributed by atoms with Gasteiger partial charge < -0.3 is 9.84 Å². The number of methoxy groups -OCH3 is 1. The number of aromatic carboxylic acids is 1. The maximum absolute atomic E-state index is 10.9. The van der Waals surface area contributed by atoms with Crippen LogP contribution in [0.25, 0.3) is 0 Å². The molecule has 4 heteroatoms. The monoisotopic (exact) mass is 265 g/mol.